The summed E-state index contributed by atoms with van der Waals surface area (Å²) in [5.41, 5.74) is 0. The first-order chi connectivity index (χ1) is 12.0. The Balaban J connectivity index is 1.56. The van der Waals surface area contributed by atoms with Gasteiger partial charge in [-0.2, -0.15) is 4.31 Å². The lowest BCUT2D eigenvalue weighted by molar-refractivity contribution is 0.182. The molecule has 0 aliphatic carbocycles. The molecule has 1 aromatic heterocycles. The average Bonchev–Trinajstić information content (AvgIpc) is 3.05. The first kappa shape index (κ1) is 17.8. The van der Waals surface area contributed by atoms with Crippen LogP contribution in [-0.4, -0.2) is 72.2 Å². The minimum Gasteiger partial charge on any atom is -0.497 e. The van der Waals surface area contributed by atoms with E-state index in [-0.39, 0.29) is 0 Å². The molecule has 136 valence electrons. The summed E-state index contributed by atoms with van der Waals surface area (Å²) in [6, 6.07) is 6.53. The highest BCUT2D eigenvalue weighted by Crippen LogP contribution is 2.20. The summed E-state index contributed by atoms with van der Waals surface area (Å²) >= 11 is 0. The molecule has 25 heavy (non-hydrogen) atoms. The number of benzene rings is 1. The van der Waals surface area contributed by atoms with Crippen molar-refractivity contribution in [1.82, 2.24) is 24.0 Å². The Labute approximate surface area is 148 Å². The van der Waals surface area contributed by atoms with Crippen molar-refractivity contribution in [3.05, 3.63) is 36.4 Å². The number of hydrogen-bond donors (Lipinski definition) is 0. The molecule has 3 rings (SSSR count). The highest BCUT2D eigenvalue weighted by Gasteiger charge is 2.28. The molecule has 1 saturated heterocycles. The van der Waals surface area contributed by atoms with Gasteiger partial charge in [-0.1, -0.05) is 0 Å². The van der Waals surface area contributed by atoms with Crippen LogP contribution < -0.4 is 4.74 Å². The smallest absolute Gasteiger partial charge is 0.243 e. The topological polar surface area (TPSA) is 80.6 Å². The van der Waals surface area contributed by atoms with Crippen LogP contribution in [0, 0.1) is 6.92 Å². The fourth-order valence-corrected chi connectivity index (χ4v) is 4.29. The number of methoxy groups -OCH3 is 1. The zero-order chi connectivity index (χ0) is 17.9. The van der Waals surface area contributed by atoms with Gasteiger partial charge in [0.1, 0.15) is 17.9 Å². The third-order valence-electron chi connectivity index (χ3n) is 4.49. The largest absolute Gasteiger partial charge is 0.497 e. The van der Waals surface area contributed by atoms with E-state index in [4.69, 9.17) is 4.74 Å². The number of ether oxygens (including phenoxy) is 1. The van der Waals surface area contributed by atoms with E-state index in [9.17, 15) is 8.42 Å². The summed E-state index contributed by atoms with van der Waals surface area (Å²) < 4.78 is 34.1. The van der Waals surface area contributed by atoms with Gasteiger partial charge in [-0.25, -0.2) is 8.42 Å². The van der Waals surface area contributed by atoms with Gasteiger partial charge in [-0.3, -0.25) is 4.90 Å². The average molecular weight is 365 g/mol. The summed E-state index contributed by atoms with van der Waals surface area (Å²) in [6.45, 7) is 6.02. The molecule has 0 spiro atoms. The van der Waals surface area contributed by atoms with Gasteiger partial charge < -0.3 is 9.30 Å². The Hall–Kier alpha value is -1.97. The predicted octanol–water partition coefficient (Wildman–Crippen LogP) is 0.602. The molecule has 0 unspecified atom stereocenters. The maximum Gasteiger partial charge on any atom is 0.243 e. The molecule has 0 radical (unpaired) electrons. The maximum atomic E-state index is 12.7. The van der Waals surface area contributed by atoms with Gasteiger partial charge >= 0.3 is 0 Å². The molecule has 1 aliphatic heterocycles. The van der Waals surface area contributed by atoms with Crippen molar-refractivity contribution >= 4 is 10.0 Å². The van der Waals surface area contributed by atoms with E-state index in [0.717, 1.165) is 32.0 Å². The number of aryl methyl sites for hydroxylation is 1. The van der Waals surface area contributed by atoms with E-state index < -0.39 is 10.0 Å². The van der Waals surface area contributed by atoms with Crippen molar-refractivity contribution in [1.29, 1.82) is 0 Å². The molecule has 0 atom stereocenters. The molecule has 8 nitrogen and oxygen atoms in total. The highest BCUT2D eigenvalue weighted by molar-refractivity contribution is 7.89. The maximum absolute atomic E-state index is 12.7. The summed E-state index contributed by atoms with van der Waals surface area (Å²) in [4.78, 5) is 2.57. The van der Waals surface area contributed by atoms with Gasteiger partial charge in [0.2, 0.25) is 10.0 Å². The fraction of sp³-hybridized carbons (Fsp3) is 0.500. The van der Waals surface area contributed by atoms with E-state index in [1.165, 1.54) is 0 Å². The summed E-state index contributed by atoms with van der Waals surface area (Å²) in [7, 11) is -1.89. The first-order valence-corrected chi connectivity index (χ1v) is 9.65. The zero-order valence-electron chi connectivity index (χ0n) is 14.5. The SMILES string of the molecule is COc1ccc(S(=O)(=O)N2CCN(CCn3cnnc3C)CC2)cc1. The lowest BCUT2D eigenvalue weighted by Crippen LogP contribution is -2.49. The van der Waals surface area contributed by atoms with Crippen LogP contribution in [0.2, 0.25) is 0 Å². The summed E-state index contributed by atoms with van der Waals surface area (Å²) in [5, 5.41) is 7.84. The number of aromatic nitrogens is 3. The minimum atomic E-state index is -3.45. The van der Waals surface area contributed by atoms with Gasteiger partial charge in [0.25, 0.3) is 0 Å². The number of hydrogen-bond acceptors (Lipinski definition) is 6. The van der Waals surface area contributed by atoms with Gasteiger partial charge in [0.05, 0.1) is 12.0 Å². The molecule has 0 N–H and O–H groups in total. The monoisotopic (exact) mass is 365 g/mol. The van der Waals surface area contributed by atoms with Crippen molar-refractivity contribution in [2.45, 2.75) is 18.4 Å². The third-order valence-corrected chi connectivity index (χ3v) is 6.41. The number of piperazine rings is 1. The van der Waals surface area contributed by atoms with E-state index >= 15 is 0 Å². The van der Waals surface area contributed by atoms with E-state index in [1.54, 1.807) is 42.0 Å². The van der Waals surface area contributed by atoms with E-state index in [1.807, 2.05) is 11.5 Å². The number of nitrogens with zero attached hydrogens (tertiary/aromatic N) is 5. The molecule has 2 aromatic rings. The molecule has 1 fully saturated rings. The second-order valence-electron chi connectivity index (χ2n) is 5.99. The number of sulfonamides is 1. The van der Waals surface area contributed by atoms with Crippen LogP contribution in [0.4, 0.5) is 0 Å². The second kappa shape index (κ2) is 7.51. The van der Waals surface area contributed by atoms with Crippen LogP contribution in [0.25, 0.3) is 0 Å². The van der Waals surface area contributed by atoms with Gasteiger partial charge in [0, 0.05) is 39.3 Å². The lowest BCUT2D eigenvalue weighted by Gasteiger charge is -2.34. The zero-order valence-corrected chi connectivity index (χ0v) is 15.3. The van der Waals surface area contributed by atoms with E-state index in [2.05, 4.69) is 15.1 Å². The van der Waals surface area contributed by atoms with Crippen LogP contribution in [0.5, 0.6) is 5.75 Å². The predicted molar refractivity (Wildman–Crippen MR) is 93.0 cm³/mol. The van der Waals surface area contributed by atoms with Crippen molar-refractivity contribution < 1.29 is 13.2 Å². The van der Waals surface area contributed by atoms with Crippen molar-refractivity contribution in [2.24, 2.45) is 0 Å². The van der Waals surface area contributed by atoms with Crippen LogP contribution in [0.3, 0.4) is 0 Å². The van der Waals surface area contributed by atoms with Crippen molar-refractivity contribution in [3.8, 4) is 5.75 Å². The van der Waals surface area contributed by atoms with Crippen LogP contribution in [0.15, 0.2) is 35.5 Å². The normalized spacial score (nSPS) is 16.9. The van der Waals surface area contributed by atoms with Gasteiger partial charge in [-0.15, -0.1) is 10.2 Å². The Morgan fingerprint density at radius 2 is 1.76 bits per heavy atom. The Bertz CT molecular complexity index is 795. The molecule has 9 heteroatoms. The van der Waals surface area contributed by atoms with Crippen LogP contribution in [-0.2, 0) is 16.6 Å². The number of rotatable bonds is 6. The molecule has 2 heterocycles. The molecule has 0 bridgehead atoms. The fourth-order valence-electron chi connectivity index (χ4n) is 2.87. The third kappa shape index (κ3) is 4.00. The Kier molecular flexibility index (Phi) is 5.36. The molecule has 0 saturated carbocycles. The second-order valence-corrected chi connectivity index (χ2v) is 7.93. The Morgan fingerprint density at radius 1 is 1.08 bits per heavy atom. The van der Waals surface area contributed by atoms with Crippen molar-refractivity contribution in [3.63, 3.8) is 0 Å². The Morgan fingerprint density at radius 3 is 2.32 bits per heavy atom. The molecular weight excluding hydrogens is 342 g/mol. The van der Waals surface area contributed by atoms with Gasteiger partial charge in [0.15, 0.2) is 0 Å². The van der Waals surface area contributed by atoms with Crippen LogP contribution in [0.1, 0.15) is 5.82 Å². The molecule has 1 aromatic carbocycles. The van der Waals surface area contributed by atoms with Crippen molar-refractivity contribution in [2.75, 3.05) is 39.8 Å². The first-order valence-electron chi connectivity index (χ1n) is 8.21. The lowest BCUT2D eigenvalue weighted by atomic mass is 10.3. The molecular formula is C16H23N5O3S. The molecule has 0 amide bonds. The highest BCUT2D eigenvalue weighted by atomic mass is 32.2. The molecule has 1 aliphatic rings. The summed E-state index contributed by atoms with van der Waals surface area (Å²) in [5.74, 6) is 1.54. The quantitative estimate of drug-likeness (QED) is 0.746. The van der Waals surface area contributed by atoms with Crippen LogP contribution >= 0.6 is 0 Å². The standard InChI is InChI=1S/C16H23N5O3S/c1-14-18-17-13-20(14)10-7-19-8-11-21(12-9-19)25(22,23)16-5-3-15(24-2)4-6-16/h3-6,13H,7-12H2,1-2H3. The minimum absolute atomic E-state index is 0.307. The van der Waals surface area contributed by atoms with Gasteiger partial charge in [-0.05, 0) is 31.2 Å². The van der Waals surface area contributed by atoms with E-state index in [0.29, 0.717) is 23.7 Å². The summed E-state index contributed by atoms with van der Waals surface area (Å²) in [6.07, 6.45) is 1.72.